The van der Waals surface area contributed by atoms with Gasteiger partial charge in [-0.1, -0.05) is 0 Å². The normalized spacial score (nSPS) is 11.5. The first-order valence-corrected chi connectivity index (χ1v) is 10.3. The molecule has 0 unspecified atom stereocenters. The number of ether oxygens (including phenoxy) is 1. The molecule has 1 aromatic carbocycles. The van der Waals surface area contributed by atoms with Crippen LogP contribution >= 0.6 is 0 Å². The molecule has 0 radical (unpaired) electrons. The van der Waals surface area contributed by atoms with Crippen LogP contribution in [0.5, 0.6) is 5.75 Å². The number of nitrogens with one attached hydrogen (secondary N) is 1. The molecule has 0 amide bonds. The van der Waals surface area contributed by atoms with Gasteiger partial charge in [0, 0.05) is 12.3 Å². The van der Waals surface area contributed by atoms with Gasteiger partial charge in [0.05, 0.1) is 49.2 Å². The first kappa shape index (κ1) is 22.4. The Morgan fingerprint density at radius 3 is 2.32 bits per heavy atom. The van der Waals surface area contributed by atoms with Crippen molar-refractivity contribution in [1.29, 1.82) is 0 Å². The van der Waals surface area contributed by atoms with Gasteiger partial charge in [0.15, 0.2) is 29.0 Å². The maximum atomic E-state index is 13.6. The molecule has 0 aliphatic rings. The molecule has 0 fully saturated rings. The minimum absolute atomic E-state index is 0.00244. The van der Waals surface area contributed by atoms with Crippen molar-refractivity contribution in [3.8, 4) is 5.75 Å². The number of anilines is 2. The zero-order valence-corrected chi connectivity index (χ0v) is 16.7. The summed E-state index contributed by atoms with van der Waals surface area (Å²) in [4.78, 5) is 7.89. The van der Waals surface area contributed by atoms with E-state index in [1.807, 2.05) is 0 Å². The predicted molar refractivity (Wildman–Crippen MR) is 98.9 cm³/mol. The summed E-state index contributed by atoms with van der Waals surface area (Å²) in [5.74, 6) is -6.02. The topological polar surface area (TPSA) is 108 Å². The predicted octanol–water partition coefficient (Wildman–Crippen LogP) is 2.53. The van der Waals surface area contributed by atoms with E-state index in [1.54, 1.807) is 6.20 Å². The van der Waals surface area contributed by atoms with Crippen LogP contribution in [0.25, 0.3) is 0 Å². The first-order valence-electron chi connectivity index (χ1n) is 8.53. The number of rotatable bonds is 9. The van der Waals surface area contributed by atoms with E-state index in [1.165, 1.54) is 23.3 Å². The number of benzene rings is 1. The fraction of sp³-hybridized carbons (Fsp3) is 0.235. The van der Waals surface area contributed by atoms with Crippen molar-refractivity contribution in [2.75, 3.05) is 18.2 Å². The lowest BCUT2D eigenvalue weighted by molar-refractivity contribution is 0.283. The molecule has 0 spiro atoms. The zero-order chi connectivity index (χ0) is 22.6. The number of nitrogens with zero attached hydrogens (tertiary/aromatic N) is 4. The number of hydrogen-bond acceptors (Lipinski definition) is 8. The van der Waals surface area contributed by atoms with Crippen LogP contribution in [0, 0.1) is 23.3 Å². The standard InChI is InChI=1S/C17H15F4N5O4S/c1-31(27,28)30-3-2-26-8-10(5-24-26)25-17-22-6-11(7-23-17)29-9-12-15(20)13(18)4-14(19)16(12)21/h4-8H,2-3,9H2,1H3,(H,22,23,25). The highest BCUT2D eigenvalue weighted by Crippen LogP contribution is 2.21. The van der Waals surface area contributed by atoms with Crippen molar-refractivity contribution in [2.45, 2.75) is 13.2 Å². The summed E-state index contributed by atoms with van der Waals surface area (Å²) in [5, 5.41) is 6.84. The lowest BCUT2D eigenvalue weighted by Gasteiger charge is -2.09. The average Bonchev–Trinajstić information content (AvgIpc) is 3.14. The molecule has 1 N–H and O–H groups in total. The first-order chi connectivity index (χ1) is 14.6. The second-order valence-electron chi connectivity index (χ2n) is 6.12. The van der Waals surface area contributed by atoms with Gasteiger partial charge in [-0.25, -0.2) is 27.5 Å². The van der Waals surface area contributed by atoms with Crippen LogP contribution in [-0.2, 0) is 27.5 Å². The van der Waals surface area contributed by atoms with E-state index in [-0.39, 0.29) is 30.9 Å². The Labute approximate surface area is 173 Å². The second-order valence-corrected chi connectivity index (χ2v) is 7.76. The van der Waals surface area contributed by atoms with Gasteiger partial charge in [0.2, 0.25) is 5.95 Å². The van der Waals surface area contributed by atoms with E-state index < -0.39 is 45.6 Å². The lowest BCUT2D eigenvalue weighted by atomic mass is 10.2. The highest BCUT2D eigenvalue weighted by atomic mass is 32.2. The zero-order valence-electron chi connectivity index (χ0n) is 15.9. The molecule has 0 aliphatic heterocycles. The third kappa shape index (κ3) is 6.11. The van der Waals surface area contributed by atoms with Crippen LogP contribution in [0.2, 0.25) is 0 Å². The SMILES string of the molecule is CS(=O)(=O)OCCn1cc(Nc2ncc(OCc3c(F)c(F)cc(F)c3F)cn2)cn1. The Bertz CT molecular complexity index is 1150. The molecule has 0 saturated carbocycles. The van der Waals surface area contributed by atoms with E-state index >= 15 is 0 Å². The summed E-state index contributed by atoms with van der Waals surface area (Å²) in [7, 11) is -3.54. The minimum atomic E-state index is -3.54. The van der Waals surface area contributed by atoms with E-state index in [0.717, 1.165) is 6.26 Å². The van der Waals surface area contributed by atoms with Crippen molar-refractivity contribution in [2.24, 2.45) is 0 Å². The van der Waals surface area contributed by atoms with E-state index in [0.29, 0.717) is 5.69 Å². The largest absolute Gasteiger partial charge is 0.485 e. The number of hydrogen-bond donors (Lipinski definition) is 1. The van der Waals surface area contributed by atoms with Gasteiger partial charge in [0.1, 0.15) is 6.61 Å². The summed E-state index contributed by atoms with van der Waals surface area (Å²) in [5.41, 5.74) is -0.403. The fourth-order valence-electron chi connectivity index (χ4n) is 2.32. The van der Waals surface area contributed by atoms with E-state index in [2.05, 4.69) is 24.6 Å². The smallest absolute Gasteiger partial charge is 0.264 e. The maximum absolute atomic E-state index is 13.6. The van der Waals surface area contributed by atoms with Gasteiger partial charge >= 0.3 is 0 Å². The van der Waals surface area contributed by atoms with E-state index in [9.17, 15) is 26.0 Å². The molecule has 0 atom stereocenters. The summed E-state index contributed by atoms with van der Waals surface area (Å²) < 4.78 is 86.7. The van der Waals surface area contributed by atoms with Crippen LogP contribution in [0.3, 0.4) is 0 Å². The molecule has 2 heterocycles. The van der Waals surface area contributed by atoms with Crippen LogP contribution in [-0.4, -0.2) is 41.0 Å². The van der Waals surface area contributed by atoms with E-state index in [4.69, 9.17) is 4.74 Å². The summed E-state index contributed by atoms with van der Waals surface area (Å²) in [6, 6.07) is 0.110. The van der Waals surface area contributed by atoms with Gasteiger partial charge in [-0.05, 0) is 0 Å². The van der Waals surface area contributed by atoms with Crippen LogP contribution in [0.15, 0.2) is 30.9 Å². The molecule has 9 nitrogen and oxygen atoms in total. The summed E-state index contributed by atoms with van der Waals surface area (Å²) in [6.45, 7) is -0.667. The monoisotopic (exact) mass is 461 g/mol. The molecule has 3 rings (SSSR count). The summed E-state index contributed by atoms with van der Waals surface area (Å²) >= 11 is 0. The fourth-order valence-corrected chi connectivity index (χ4v) is 2.70. The lowest BCUT2D eigenvalue weighted by Crippen LogP contribution is -2.10. The molecule has 0 aliphatic carbocycles. The Kier molecular flexibility index (Phi) is 6.70. The van der Waals surface area contributed by atoms with Crippen molar-refractivity contribution >= 4 is 21.8 Å². The second kappa shape index (κ2) is 9.26. The van der Waals surface area contributed by atoms with Gasteiger partial charge in [-0.15, -0.1) is 0 Å². The number of halogens is 4. The van der Waals surface area contributed by atoms with Crippen LogP contribution in [0.4, 0.5) is 29.2 Å². The molecule has 31 heavy (non-hydrogen) atoms. The molecule has 14 heteroatoms. The molecule has 166 valence electrons. The molecule has 0 bridgehead atoms. The highest BCUT2D eigenvalue weighted by Gasteiger charge is 2.19. The third-order valence-electron chi connectivity index (χ3n) is 3.72. The quantitative estimate of drug-likeness (QED) is 0.294. The summed E-state index contributed by atoms with van der Waals surface area (Å²) in [6.07, 6.45) is 6.31. The molecular formula is C17H15F4N5O4S. The molecule has 3 aromatic rings. The van der Waals surface area contributed by atoms with Crippen LogP contribution < -0.4 is 10.1 Å². The van der Waals surface area contributed by atoms with Gasteiger partial charge in [-0.2, -0.15) is 13.5 Å². The highest BCUT2D eigenvalue weighted by molar-refractivity contribution is 7.85. The Hall–Kier alpha value is -3.26. The Morgan fingerprint density at radius 1 is 1.06 bits per heavy atom. The average molecular weight is 461 g/mol. The van der Waals surface area contributed by atoms with Crippen LogP contribution in [0.1, 0.15) is 5.56 Å². The van der Waals surface area contributed by atoms with Gasteiger partial charge in [-0.3, -0.25) is 8.86 Å². The van der Waals surface area contributed by atoms with Gasteiger partial charge < -0.3 is 10.1 Å². The Morgan fingerprint density at radius 2 is 1.71 bits per heavy atom. The van der Waals surface area contributed by atoms with Crippen molar-refractivity contribution in [3.05, 3.63) is 59.7 Å². The molecule has 0 saturated heterocycles. The molecular weight excluding hydrogens is 446 g/mol. The Balaban J connectivity index is 1.57. The third-order valence-corrected chi connectivity index (χ3v) is 4.32. The minimum Gasteiger partial charge on any atom is -0.485 e. The van der Waals surface area contributed by atoms with Gasteiger partial charge in [0.25, 0.3) is 10.1 Å². The van der Waals surface area contributed by atoms with Crippen molar-refractivity contribution < 1.29 is 34.9 Å². The number of aromatic nitrogens is 4. The van der Waals surface area contributed by atoms with Crippen molar-refractivity contribution in [1.82, 2.24) is 19.7 Å². The maximum Gasteiger partial charge on any atom is 0.264 e. The molecule has 2 aromatic heterocycles. The van der Waals surface area contributed by atoms with Crippen molar-refractivity contribution in [3.63, 3.8) is 0 Å².